The third-order valence-electron chi connectivity index (χ3n) is 5.65. The molecule has 2 atom stereocenters. The van der Waals surface area contributed by atoms with E-state index < -0.39 is 18.1 Å². The summed E-state index contributed by atoms with van der Waals surface area (Å²) in [6.07, 6.45) is 3.69. The Morgan fingerprint density at radius 3 is 2.75 bits per heavy atom. The lowest BCUT2D eigenvalue weighted by molar-refractivity contribution is -0.136. The van der Waals surface area contributed by atoms with Crippen molar-refractivity contribution in [2.24, 2.45) is 5.92 Å². The maximum absolute atomic E-state index is 12.7. The summed E-state index contributed by atoms with van der Waals surface area (Å²) < 4.78 is 1.58. The largest absolute Gasteiger partial charge is 0.386 e. The first-order valence-corrected chi connectivity index (χ1v) is 9.39. The van der Waals surface area contributed by atoms with E-state index >= 15 is 0 Å². The van der Waals surface area contributed by atoms with Crippen molar-refractivity contribution in [2.45, 2.75) is 44.4 Å². The van der Waals surface area contributed by atoms with Gasteiger partial charge < -0.3 is 10.0 Å². The Morgan fingerprint density at radius 1 is 1.18 bits per heavy atom. The molecule has 1 aromatic heterocycles. The minimum absolute atomic E-state index is 0.209. The lowest BCUT2D eigenvalue weighted by Gasteiger charge is -2.29. The maximum Gasteiger partial charge on any atom is 0.255 e. The van der Waals surface area contributed by atoms with E-state index in [2.05, 4.69) is 15.6 Å². The number of hydrogen-bond donors (Lipinski definition) is 2. The van der Waals surface area contributed by atoms with Crippen LogP contribution in [0.5, 0.6) is 0 Å². The summed E-state index contributed by atoms with van der Waals surface area (Å²) in [5.74, 6) is -0.667. The zero-order valence-corrected chi connectivity index (χ0v) is 15.0. The van der Waals surface area contributed by atoms with Gasteiger partial charge in [0.15, 0.2) is 0 Å². The Kier molecular flexibility index (Phi) is 3.80. The second-order valence-corrected chi connectivity index (χ2v) is 7.61. The van der Waals surface area contributed by atoms with Crippen LogP contribution in [-0.4, -0.2) is 48.8 Å². The van der Waals surface area contributed by atoms with Gasteiger partial charge in [-0.1, -0.05) is 5.21 Å². The highest BCUT2D eigenvalue weighted by Gasteiger charge is 2.39. The van der Waals surface area contributed by atoms with Gasteiger partial charge >= 0.3 is 0 Å². The summed E-state index contributed by atoms with van der Waals surface area (Å²) in [5.41, 5.74) is 2.63. The van der Waals surface area contributed by atoms with Crippen molar-refractivity contribution in [3.8, 4) is 5.69 Å². The molecule has 2 fully saturated rings. The Hall–Kier alpha value is -3.07. The van der Waals surface area contributed by atoms with Crippen LogP contribution in [0.2, 0.25) is 0 Å². The van der Waals surface area contributed by atoms with Crippen molar-refractivity contribution in [2.75, 3.05) is 0 Å². The molecule has 1 saturated heterocycles. The molecule has 144 valence electrons. The van der Waals surface area contributed by atoms with Crippen LogP contribution in [0.25, 0.3) is 5.69 Å². The van der Waals surface area contributed by atoms with E-state index in [1.165, 1.54) is 4.90 Å². The first-order chi connectivity index (χ1) is 13.5. The van der Waals surface area contributed by atoms with Crippen LogP contribution in [0, 0.1) is 5.92 Å². The normalized spacial score (nSPS) is 23.0. The summed E-state index contributed by atoms with van der Waals surface area (Å²) >= 11 is 0. The molecular formula is C19H19N5O4. The number of amides is 3. The Bertz CT molecular complexity index is 996. The second kappa shape index (κ2) is 6.23. The van der Waals surface area contributed by atoms with E-state index in [4.69, 9.17) is 0 Å². The first kappa shape index (κ1) is 17.1. The van der Waals surface area contributed by atoms with Gasteiger partial charge in [-0.25, -0.2) is 4.68 Å². The molecular weight excluding hydrogens is 362 g/mol. The highest BCUT2D eigenvalue weighted by atomic mass is 16.3. The lowest BCUT2D eigenvalue weighted by atomic mass is 10.0. The standard InChI is InChI=1S/C19H19N5O4/c25-16-6-5-15(18(27)20-16)23-8-11-7-12(3-4-13(11)19(23)28)24-9-14(21-22-24)17(26)10-1-2-10/h3-4,7,9-10,15,17,26H,1-2,5-6,8H2,(H,20,25,27). The zero-order valence-electron chi connectivity index (χ0n) is 15.0. The molecule has 2 N–H and O–H groups in total. The van der Waals surface area contributed by atoms with Crippen molar-refractivity contribution in [1.82, 2.24) is 25.2 Å². The third kappa shape index (κ3) is 2.78. The molecule has 3 heterocycles. The highest BCUT2D eigenvalue weighted by Crippen LogP contribution is 2.40. The molecule has 0 spiro atoms. The topological polar surface area (TPSA) is 117 Å². The lowest BCUT2D eigenvalue weighted by Crippen LogP contribution is -2.52. The van der Waals surface area contributed by atoms with Gasteiger partial charge in [0.1, 0.15) is 17.8 Å². The zero-order chi connectivity index (χ0) is 19.4. The number of aromatic nitrogens is 3. The fraction of sp³-hybridized carbons (Fsp3) is 0.421. The van der Waals surface area contributed by atoms with Gasteiger partial charge in [-0.3, -0.25) is 19.7 Å². The van der Waals surface area contributed by atoms with Gasteiger partial charge in [0, 0.05) is 18.5 Å². The smallest absolute Gasteiger partial charge is 0.255 e. The molecule has 3 amide bonds. The van der Waals surface area contributed by atoms with E-state index in [1.807, 2.05) is 6.07 Å². The van der Waals surface area contributed by atoms with Crippen molar-refractivity contribution in [3.05, 3.63) is 41.2 Å². The summed E-state index contributed by atoms with van der Waals surface area (Å²) in [5, 5.41) is 20.7. The van der Waals surface area contributed by atoms with Crippen LogP contribution in [0.3, 0.4) is 0 Å². The number of fused-ring (bicyclic) bond motifs is 1. The molecule has 0 radical (unpaired) electrons. The van der Waals surface area contributed by atoms with Crippen molar-refractivity contribution >= 4 is 17.7 Å². The number of nitrogens with zero attached hydrogens (tertiary/aromatic N) is 4. The number of aliphatic hydroxyl groups is 1. The SMILES string of the molecule is O=C1CCC(N2Cc3cc(-n4cc(C(O)C5CC5)nn4)ccc3C2=O)C(=O)N1. The van der Waals surface area contributed by atoms with E-state index in [9.17, 15) is 19.5 Å². The van der Waals surface area contributed by atoms with E-state index in [-0.39, 0.29) is 24.2 Å². The molecule has 1 aliphatic carbocycles. The van der Waals surface area contributed by atoms with Crippen LogP contribution in [0.1, 0.15) is 53.4 Å². The Balaban J connectivity index is 1.38. The summed E-state index contributed by atoms with van der Waals surface area (Å²) in [6, 6.07) is 4.71. The van der Waals surface area contributed by atoms with Crippen molar-refractivity contribution in [3.63, 3.8) is 0 Å². The Labute approximate surface area is 160 Å². The van der Waals surface area contributed by atoms with Gasteiger partial charge in [0.2, 0.25) is 11.8 Å². The first-order valence-electron chi connectivity index (χ1n) is 9.39. The van der Waals surface area contributed by atoms with Gasteiger partial charge in [0.25, 0.3) is 5.91 Å². The number of aliphatic hydroxyl groups excluding tert-OH is 1. The van der Waals surface area contributed by atoms with Crippen molar-refractivity contribution < 1.29 is 19.5 Å². The number of hydrogen-bond acceptors (Lipinski definition) is 6. The number of benzene rings is 1. The van der Waals surface area contributed by atoms with Crippen LogP contribution < -0.4 is 5.32 Å². The fourth-order valence-electron chi connectivity index (χ4n) is 3.90. The van der Waals surface area contributed by atoms with E-state index in [1.54, 1.807) is 23.0 Å². The number of imide groups is 1. The molecule has 28 heavy (non-hydrogen) atoms. The van der Waals surface area contributed by atoms with Gasteiger partial charge in [-0.2, -0.15) is 0 Å². The predicted octanol–water partition coefficient (Wildman–Crippen LogP) is 0.472. The molecule has 1 saturated carbocycles. The number of carbonyl (C=O) groups is 3. The molecule has 9 nitrogen and oxygen atoms in total. The van der Waals surface area contributed by atoms with Gasteiger partial charge in [0.05, 0.1) is 11.9 Å². The number of carbonyl (C=O) groups excluding carboxylic acids is 3. The average molecular weight is 381 g/mol. The summed E-state index contributed by atoms with van der Waals surface area (Å²) in [4.78, 5) is 37.7. The van der Waals surface area contributed by atoms with Gasteiger partial charge in [-0.05, 0) is 48.9 Å². The monoisotopic (exact) mass is 381 g/mol. The van der Waals surface area contributed by atoms with Crippen LogP contribution in [0.4, 0.5) is 0 Å². The third-order valence-corrected chi connectivity index (χ3v) is 5.65. The summed E-state index contributed by atoms with van der Waals surface area (Å²) in [7, 11) is 0. The van der Waals surface area contributed by atoms with Gasteiger partial charge in [-0.15, -0.1) is 5.10 Å². The van der Waals surface area contributed by atoms with Crippen LogP contribution in [-0.2, 0) is 16.1 Å². The van der Waals surface area contributed by atoms with Crippen molar-refractivity contribution in [1.29, 1.82) is 0 Å². The fourth-order valence-corrected chi connectivity index (χ4v) is 3.90. The quantitative estimate of drug-likeness (QED) is 0.744. The Morgan fingerprint density at radius 2 is 2.00 bits per heavy atom. The minimum Gasteiger partial charge on any atom is -0.386 e. The predicted molar refractivity (Wildman–Crippen MR) is 95.1 cm³/mol. The number of nitrogens with one attached hydrogen (secondary N) is 1. The second-order valence-electron chi connectivity index (χ2n) is 7.61. The van der Waals surface area contributed by atoms with E-state index in [0.29, 0.717) is 24.2 Å². The average Bonchev–Trinajstić information content (AvgIpc) is 3.32. The molecule has 5 rings (SSSR count). The molecule has 2 aromatic rings. The molecule has 1 aromatic carbocycles. The summed E-state index contributed by atoms with van der Waals surface area (Å²) in [6.45, 7) is 0.306. The number of rotatable bonds is 4. The van der Waals surface area contributed by atoms with Crippen LogP contribution in [0.15, 0.2) is 24.4 Å². The van der Waals surface area contributed by atoms with E-state index in [0.717, 1.165) is 24.1 Å². The molecule has 3 aliphatic rings. The molecule has 2 aliphatic heterocycles. The molecule has 2 unspecified atom stereocenters. The minimum atomic E-state index is -0.632. The molecule has 9 heteroatoms. The highest BCUT2D eigenvalue weighted by molar-refractivity contribution is 6.05. The maximum atomic E-state index is 12.7. The number of piperidine rings is 1. The van der Waals surface area contributed by atoms with Crippen LogP contribution >= 0.6 is 0 Å². The molecule has 0 bridgehead atoms.